The van der Waals surface area contributed by atoms with Gasteiger partial charge in [0.1, 0.15) is 0 Å². The molecule has 0 unspecified atom stereocenters. The molecule has 0 radical (unpaired) electrons. The first-order valence-electron chi connectivity index (χ1n) is 6.82. The van der Waals surface area contributed by atoms with Crippen LogP contribution >= 0.6 is 0 Å². The average molecular weight is 247 g/mol. The molecule has 1 aromatic carbocycles. The molecule has 0 spiro atoms. The molecule has 0 amide bonds. The van der Waals surface area contributed by atoms with Gasteiger partial charge in [0, 0.05) is 11.1 Å². The highest BCUT2D eigenvalue weighted by Gasteiger charge is 2.38. The molecular formula is C15H21NO2. The van der Waals surface area contributed by atoms with Gasteiger partial charge in [-0.05, 0) is 44.1 Å². The predicted molar refractivity (Wildman–Crippen MR) is 70.9 cm³/mol. The smallest absolute Gasteiger partial charge is 0.166 e. The van der Waals surface area contributed by atoms with Gasteiger partial charge in [-0.15, -0.1) is 0 Å². The Labute approximate surface area is 108 Å². The minimum Gasteiger partial charge on any atom is -0.493 e. The summed E-state index contributed by atoms with van der Waals surface area (Å²) in [5, 5.41) is 0. The second-order valence-corrected chi connectivity index (χ2v) is 5.60. The number of benzene rings is 1. The van der Waals surface area contributed by atoms with E-state index < -0.39 is 0 Å². The molecule has 2 aliphatic rings. The molecule has 0 heterocycles. The fraction of sp³-hybridized carbons (Fsp3) is 0.600. The van der Waals surface area contributed by atoms with Crippen LogP contribution in [0.15, 0.2) is 18.2 Å². The summed E-state index contributed by atoms with van der Waals surface area (Å²) >= 11 is 0. The Bertz CT molecular complexity index is 436. The van der Waals surface area contributed by atoms with Gasteiger partial charge in [0.15, 0.2) is 11.5 Å². The molecular weight excluding hydrogens is 226 g/mol. The van der Waals surface area contributed by atoms with Crippen molar-refractivity contribution in [2.75, 3.05) is 13.7 Å². The SMILES string of the molecule is COc1cccc(C2(N)CCC2)c1OCC1CC1. The van der Waals surface area contributed by atoms with Crippen LogP contribution in [-0.2, 0) is 5.54 Å². The Balaban J connectivity index is 1.89. The lowest BCUT2D eigenvalue weighted by atomic mass is 9.72. The summed E-state index contributed by atoms with van der Waals surface area (Å²) in [5.41, 5.74) is 7.35. The fourth-order valence-electron chi connectivity index (χ4n) is 2.53. The van der Waals surface area contributed by atoms with E-state index in [1.165, 1.54) is 19.3 Å². The molecule has 3 rings (SSSR count). The normalized spacial score (nSPS) is 21.2. The summed E-state index contributed by atoms with van der Waals surface area (Å²) in [7, 11) is 1.69. The number of nitrogens with two attached hydrogens (primary N) is 1. The third-order valence-electron chi connectivity index (χ3n) is 4.14. The van der Waals surface area contributed by atoms with Crippen LogP contribution in [-0.4, -0.2) is 13.7 Å². The lowest BCUT2D eigenvalue weighted by Crippen LogP contribution is -2.43. The molecule has 18 heavy (non-hydrogen) atoms. The van der Waals surface area contributed by atoms with Gasteiger partial charge in [0.25, 0.3) is 0 Å². The quantitative estimate of drug-likeness (QED) is 0.870. The maximum Gasteiger partial charge on any atom is 0.166 e. The van der Waals surface area contributed by atoms with Gasteiger partial charge in [-0.25, -0.2) is 0 Å². The zero-order valence-corrected chi connectivity index (χ0v) is 10.9. The standard InChI is InChI=1S/C15H21NO2/c1-17-13-5-2-4-12(15(16)8-3-9-15)14(13)18-10-11-6-7-11/h2,4-5,11H,3,6-10,16H2,1H3. The van der Waals surface area contributed by atoms with Crippen molar-refractivity contribution >= 4 is 0 Å². The van der Waals surface area contributed by atoms with E-state index in [2.05, 4.69) is 6.07 Å². The summed E-state index contributed by atoms with van der Waals surface area (Å²) in [6, 6.07) is 6.04. The van der Waals surface area contributed by atoms with Gasteiger partial charge in [-0.3, -0.25) is 0 Å². The number of methoxy groups -OCH3 is 1. The van der Waals surface area contributed by atoms with Crippen LogP contribution < -0.4 is 15.2 Å². The van der Waals surface area contributed by atoms with E-state index >= 15 is 0 Å². The first kappa shape index (κ1) is 11.8. The van der Waals surface area contributed by atoms with Gasteiger partial charge in [0.05, 0.1) is 13.7 Å². The van der Waals surface area contributed by atoms with E-state index in [1.54, 1.807) is 7.11 Å². The third-order valence-corrected chi connectivity index (χ3v) is 4.14. The number of ether oxygens (including phenoxy) is 2. The van der Waals surface area contributed by atoms with Gasteiger partial charge in [-0.2, -0.15) is 0 Å². The minimum atomic E-state index is -0.201. The monoisotopic (exact) mass is 247 g/mol. The Morgan fingerprint density at radius 1 is 1.33 bits per heavy atom. The summed E-state index contributed by atoms with van der Waals surface area (Å²) in [5.74, 6) is 2.41. The van der Waals surface area contributed by atoms with E-state index in [0.717, 1.165) is 42.4 Å². The van der Waals surface area contributed by atoms with Crippen molar-refractivity contribution in [3.63, 3.8) is 0 Å². The molecule has 2 aliphatic carbocycles. The van der Waals surface area contributed by atoms with Crippen molar-refractivity contribution in [2.24, 2.45) is 11.7 Å². The van der Waals surface area contributed by atoms with Crippen molar-refractivity contribution in [3.05, 3.63) is 23.8 Å². The first-order chi connectivity index (χ1) is 8.73. The van der Waals surface area contributed by atoms with Crippen molar-refractivity contribution in [1.29, 1.82) is 0 Å². The van der Waals surface area contributed by atoms with Crippen LogP contribution in [0.2, 0.25) is 0 Å². The Morgan fingerprint density at radius 3 is 2.67 bits per heavy atom. The predicted octanol–water partition coefficient (Wildman–Crippen LogP) is 2.82. The molecule has 2 N–H and O–H groups in total. The Kier molecular flexibility index (Phi) is 2.94. The number of rotatable bonds is 5. The highest BCUT2D eigenvalue weighted by atomic mass is 16.5. The van der Waals surface area contributed by atoms with Crippen molar-refractivity contribution in [2.45, 2.75) is 37.6 Å². The zero-order valence-electron chi connectivity index (χ0n) is 10.9. The van der Waals surface area contributed by atoms with E-state index in [-0.39, 0.29) is 5.54 Å². The summed E-state index contributed by atoms with van der Waals surface area (Å²) < 4.78 is 11.4. The van der Waals surface area contributed by atoms with E-state index in [9.17, 15) is 0 Å². The van der Waals surface area contributed by atoms with Gasteiger partial charge in [0.2, 0.25) is 0 Å². The maximum atomic E-state index is 6.43. The van der Waals surface area contributed by atoms with Gasteiger partial charge < -0.3 is 15.2 Å². The zero-order chi connectivity index (χ0) is 12.6. The lowest BCUT2D eigenvalue weighted by molar-refractivity contribution is 0.225. The molecule has 3 nitrogen and oxygen atoms in total. The molecule has 0 atom stereocenters. The highest BCUT2D eigenvalue weighted by Crippen LogP contribution is 2.46. The number of hydrogen-bond donors (Lipinski definition) is 1. The van der Waals surface area contributed by atoms with E-state index in [4.69, 9.17) is 15.2 Å². The minimum absolute atomic E-state index is 0.201. The second-order valence-electron chi connectivity index (χ2n) is 5.60. The molecule has 0 aliphatic heterocycles. The molecule has 0 saturated heterocycles. The van der Waals surface area contributed by atoms with Crippen LogP contribution in [0, 0.1) is 5.92 Å². The van der Waals surface area contributed by atoms with Gasteiger partial charge >= 0.3 is 0 Å². The second kappa shape index (κ2) is 4.47. The van der Waals surface area contributed by atoms with Crippen LogP contribution in [0.25, 0.3) is 0 Å². The summed E-state index contributed by atoms with van der Waals surface area (Å²) in [6.45, 7) is 0.795. The Morgan fingerprint density at radius 2 is 2.11 bits per heavy atom. The Hall–Kier alpha value is -1.22. The van der Waals surface area contributed by atoms with Crippen molar-refractivity contribution < 1.29 is 9.47 Å². The summed E-state index contributed by atoms with van der Waals surface area (Å²) in [6.07, 6.45) is 5.87. The average Bonchev–Trinajstić information content (AvgIpc) is 3.17. The van der Waals surface area contributed by atoms with Crippen LogP contribution in [0.4, 0.5) is 0 Å². The lowest BCUT2D eigenvalue weighted by Gasteiger charge is -2.39. The molecule has 1 aromatic rings. The molecule has 3 heteroatoms. The van der Waals surface area contributed by atoms with Gasteiger partial charge in [-0.1, -0.05) is 12.1 Å². The van der Waals surface area contributed by atoms with Crippen molar-refractivity contribution in [1.82, 2.24) is 0 Å². The molecule has 0 bridgehead atoms. The number of para-hydroxylation sites is 1. The van der Waals surface area contributed by atoms with E-state index in [0.29, 0.717) is 0 Å². The van der Waals surface area contributed by atoms with E-state index in [1.807, 2.05) is 12.1 Å². The van der Waals surface area contributed by atoms with Crippen molar-refractivity contribution in [3.8, 4) is 11.5 Å². The van der Waals surface area contributed by atoms with Crippen LogP contribution in [0.5, 0.6) is 11.5 Å². The number of hydrogen-bond acceptors (Lipinski definition) is 3. The molecule has 98 valence electrons. The summed E-state index contributed by atoms with van der Waals surface area (Å²) in [4.78, 5) is 0. The molecule has 2 fully saturated rings. The largest absolute Gasteiger partial charge is 0.493 e. The molecule has 2 saturated carbocycles. The topological polar surface area (TPSA) is 44.5 Å². The maximum absolute atomic E-state index is 6.43. The fourth-order valence-corrected chi connectivity index (χ4v) is 2.53. The molecule has 0 aromatic heterocycles. The van der Waals surface area contributed by atoms with Crippen LogP contribution in [0.1, 0.15) is 37.7 Å². The van der Waals surface area contributed by atoms with Crippen LogP contribution in [0.3, 0.4) is 0 Å². The highest BCUT2D eigenvalue weighted by molar-refractivity contribution is 5.50. The third kappa shape index (κ3) is 2.07. The first-order valence-corrected chi connectivity index (χ1v) is 6.82.